The molecular formula is C14H18N2O2. The molecule has 1 saturated heterocycles. The molecular weight excluding hydrogens is 228 g/mol. The Bertz CT molecular complexity index is 471. The minimum atomic E-state index is -0.363. The van der Waals surface area contributed by atoms with Crippen LogP contribution in [0.1, 0.15) is 31.7 Å². The van der Waals surface area contributed by atoms with E-state index in [4.69, 9.17) is 0 Å². The quantitative estimate of drug-likeness (QED) is 0.830. The first-order chi connectivity index (χ1) is 8.63. The van der Waals surface area contributed by atoms with Gasteiger partial charge in [-0.05, 0) is 31.0 Å². The van der Waals surface area contributed by atoms with Gasteiger partial charge in [-0.1, -0.05) is 31.9 Å². The Hall–Kier alpha value is -1.84. The van der Waals surface area contributed by atoms with Crippen molar-refractivity contribution in [1.82, 2.24) is 5.32 Å². The smallest absolute Gasteiger partial charge is 0.325 e. The van der Waals surface area contributed by atoms with Crippen molar-refractivity contribution in [1.29, 1.82) is 0 Å². The van der Waals surface area contributed by atoms with Gasteiger partial charge in [0.05, 0.1) is 5.69 Å². The normalized spacial score (nSPS) is 19.2. The number of benzene rings is 1. The zero-order valence-electron chi connectivity index (χ0n) is 10.8. The third kappa shape index (κ3) is 2.37. The van der Waals surface area contributed by atoms with Gasteiger partial charge in [0.15, 0.2) is 0 Å². The van der Waals surface area contributed by atoms with Crippen LogP contribution in [0.25, 0.3) is 0 Å². The van der Waals surface area contributed by atoms with Crippen molar-refractivity contribution in [3.8, 4) is 0 Å². The molecule has 0 aliphatic carbocycles. The Kier molecular flexibility index (Phi) is 3.65. The van der Waals surface area contributed by atoms with E-state index in [1.165, 1.54) is 4.90 Å². The van der Waals surface area contributed by atoms with Crippen molar-refractivity contribution in [2.45, 2.75) is 39.2 Å². The third-order valence-corrected chi connectivity index (χ3v) is 3.13. The van der Waals surface area contributed by atoms with E-state index in [2.05, 4.69) is 12.2 Å². The van der Waals surface area contributed by atoms with Crippen LogP contribution in [0.5, 0.6) is 0 Å². The number of aryl methyl sites for hydroxylation is 1. The molecule has 0 spiro atoms. The minimum Gasteiger partial charge on any atom is -0.325 e. The molecule has 1 fully saturated rings. The summed E-state index contributed by atoms with van der Waals surface area (Å²) in [6.45, 7) is 4.01. The Morgan fingerprint density at radius 3 is 2.78 bits per heavy atom. The first-order valence-electron chi connectivity index (χ1n) is 6.34. The monoisotopic (exact) mass is 246 g/mol. The molecule has 1 aliphatic rings. The number of carbonyl (C=O) groups is 2. The molecule has 18 heavy (non-hydrogen) atoms. The summed E-state index contributed by atoms with van der Waals surface area (Å²) in [4.78, 5) is 25.3. The van der Waals surface area contributed by atoms with Crippen molar-refractivity contribution in [2.24, 2.45) is 0 Å². The SMILES string of the molecule is CCCCC1NC(=O)N(c2cccc(C)c2)C1=O. The van der Waals surface area contributed by atoms with Crippen LogP contribution in [0.15, 0.2) is 24.3 Å². The van der Waals surface area contributed by atoms with Gasteiger partial charge in [0, 0.05) is 0 Å². The number of hydrogen-bond acceptors (Lipinski definition) is 2. The maximum Gasteiger partial charge on any atom is 0.329 e. The highest BCUT2D eigenvalue weighted by Gasteiger charge is 2.38. The van der Waals surface area contributed by atoms with Gasteiger partial charge in [-0.2, -0.15) is 0 Å². The first-order valence-corrected chi connectivity index (χ1v) is 6.34. The van der Waals surface area contributed by atoms with Crippen LogP contribution in [0.4, 0.5) is 10.5 Å². The summed E-state index contributed by atoms with van der Waals surface area (Å²) in [5.41, 5.74) is 1.68. The number of imide groups is 1. The van der Waals surface area contributed by atoms with Crippen molar-refractivity contribution >= 4 is 17.6 Å². The van der Waals surface area contributed by atoms with Crippen LogP contribution in [-0.4, -0.2) is 18.0 Å². The second kappa shape index (κ2) is 5.21. The lowest BCUT2D eigenvalue weighted by atomic mass is 10.1. The van der Waals surface area contributed by atoms with Crippen LogP contribution < -0.4 is 10.2 Å². The first kappa shape index (κ1) is 12.6. The molecule has 3 amide bonds. The molecule has 2 rings (SSSR count). The second-order valence-corrected chi connectivity index (χ2v) is 4.66. The number of rotatable bonds is 4. The fourth-order valence-electron chi connectivity index (χ4n) is 2.15. The van der Waals surface area contributed by atoms with Crippen LogP contribution in [0.2, 0.25) is 0 Å². The third-order valence-electron chi connectivity index (χ3n) is 3.13. The molecule has 1 aliphatic heterocycles. The summed E-state index contributed by atoms with van der Waals surface area (Å²) < 4.78 is 0. The van der Waals surface area contributed by atoms with E-state index >= 15 is 0 Å². The maximum absolute atomic E-state index is 12.2. The molecule has 0 radical (unpaired) electrons. The van der Waals surface area contributed by atoms with Gasteiger partial charge < -0.3 is 5.32 Å². The summed E-state index contributed by atoms with van der Waals surface area (Å²) in [6, 6.07) is 6.75. The molecule has 96 valence electrons. The lowest BCUT2D eigenvalue weighted by Crippen LogP contribution is -2.31. The summed E-state index contributed by atoms with van der Waals surface area (Å²) in [5.74, 6) is -0.140. The molecule has 1 aromatic rings. The number of anilines is 1. The standard InChI is InChI=1S/C14H18N2O2/c1-3-4-8-12-13(17)16(14(18)15-12)11-7-5-6-10(2)9-11/h5-7,9,12H,3-4,8H2,1-2H3,(H,15,18). The molecule has 0 bridgehead atoms. The number of amides is 3. The average molecular weight is 246 g/mol. The van der Waals surface area contributed by atoms with E-state index in [1.54, 1.807) is 6.07 Å². The Morgan fingerprint density at radius 2 is 2.11 bits per heavy atom. The van der Waals surface area contributed by atoms with Crippen LogP contribution in [0, 0.1) is 6.92 Å². The Labute approximate surface area is 107 Å². The number of hydrogen-bond donors (Lipinski definition) is 1. The fraction of sp³-hybridized carbons (Fsp3) is 0.429. The van der Waals surface area contributed by atoms with Crippen molar-refractivity contribution < 1.29 is 9.59 Å². The maximum atomic E-state index is 12.2. The molecule has 0 saturated carbocycles. The van der Waals surface area contributed by atoms with E-state index in [1.807, 2.05) is 25.1 Å². The van der Waals surface area contributed by atoms with Crippen molar-refractivity contribution in [3.63, 3.8) is 0 Å². The molecule has 1 unspecified atom stereocenters. The van der Waals surface area contributed by atoms with Crippen molar-refractivity contribution in [2.75, 3.05) is 4.90 Å². The van der Waals surface area contributed by atoms with E-state index < -0.39 is 0 Å². The number of carbonyl (C=O) groups excluding carboxylic acids is 2. The zero-order valence-corrected chi connectivity index (χ0v) is 10.8. The predicted molar refractivity (Wildman–Crippen MR) is 70.5 cm³/mol. The highest BCUT2D eigenvalue weighted by Crippen LogP contribution is 2.22. The molecule has 1 heterocycles. The van der Waals surface area contributed by atoms with Gasteiger partial charge in [-0.25, -0.2) is 9.69 Å². The number of unbranched alkanes of at least 4 members (excludes halogenated alkanes) is 1. The van der Waals surface area contributed by atoms with E-state index in [-0.39, 0.29) is 18.0 Å². The van der Waals surface area contributed by atoms with Crippen LogP contribution in [0.3, 0.4) is 0 Å². The van der Waals surface area contributed by atoms with Gasteiger partial charge in [0.2, 0.25) is 0 Å². The highest BCUT2D eigenvalue weighted by atomic mass is 16.2. The van der Waals surface area contributed by atoms with Gasteiger partial charge >= 0.3 is 6.03 Å². The second-order valence-electron chi connectivity index (χ2n) is 4.66. The summed E-state index contributed by atoms with van der Waals surface area (Å²) in [6.07, 6.45) is 2.67. The minimum absolute atomic E-state index is 0.140. The van der Waals surface area contributed by atoms with Crippen LogP contribution in [-0.2, 0) is 4.79 Å². The van der Waals surface area contributed by atoms with E-state index in [0.29, 0.717) is 12.1 Å². The largest absolute Gasteiger partial charge is 0.329 e. The summed E-state index contributed by atoms with van der Waals surface area (Å²) in [5, 5.41) is 2.74. The molecule has 1 aromatic carbocycles. The predicted octanol–water partition coefficient (Wildman–Crippen LogP) is 2.61. The van der Waals surface area contributed by atoms with Gasteiger partial charge in [-0.15, -0.1) is 0 Å². The molecule has 1 N–H and O–H groups in total. The summed E-state index contributed by atoms with van der Waals surface area (Å²) >= 11 is 0. The zero-order chi connectivity index (χ0) is 13.1. The molecule has 1 atom stereocenters. The van der Waals surface area contributed by atoms with Gasteiger partial charge in [0.25, 0.3) is 5.91 Å². The summed E-state index contributed by atoms with van der Waals surface area (Å²) in [7, 11) is 0. The van der Waals surface area contributed by atoms with E-state index in [0.717, 1.165) is 18.4 Å². The number of nitrogens with one attached hydrogen (secondary N) is 1. The van der Waals surface area contributed by atoms with Gasteiger partial charge in [-0.3, -0.25) is 4.79 Å². The highest BCUT2D eigenvalue weighted by molar-refractivity contribution is 6.21. The Morgan fingerprint density at radius 1 is 1.33 bits per heavy atom. The van der Waals surface area contributed by atoms with E-state index in [9.17, 15) is 9.59 Å². The topological polar surface area (TPSA) is 49.4 Å². The number of nitrogens with zero attached hydrogens (tertiary/aromatic N) is 1. The number of urea groups is 1. The molecule has 0 aromatic heterocycles. The van der Waals surface area contributed by atoms with Crippen LogP contribution >= 0.6 is 0 Å². The molecule has 4 heteroatoms. The van der Waals surface area contributed by atoms with Gasteiger partial charge in [0.1, 0.15) is 6.04 Å². The van der Waals surface area contributed by atoms with Crippen molar-refractivity contribution in [3.05, 3.63) is 29.8 Å². The lowest BCUT2D eigenvalue weighted by Gasteiger charge is -2.13. The molecule has 4 nitrogen and oxygen atoms in total. The lowest BCUT2D eigenvalue weighted by molar-refractivity contribution is -0.118. The fourth-order valence-corrected chi connectivity index (χ4v) is 2.15. The Balaban J connectivity index is 2.19. The average Bonchev–Trinajstić information content (AvgIpc) is 2.62.